The van der Waals surface area contributed by atoms with Crippen LogP contribution in [0.3, 0.4) is 0 Å². The van der Waals surface area contributed by atoms with Crippen LogP contribution in [-0.2, 0) is 0 Å². The van der Waals surface area contributed by atoms with Crippen molar-refractivity contribution in [1.82, 2.24) is 9.97 Å². The lowest BCUT2D eigenvalue weighted by Gasteiger charge is -2.17. The Labute approximate surface area is 96.3 Å². The van der Waals surface area contributed by atoms with Crippen molar-refractivity contribution in [3.63, 3.8) is 0 Å². The molecule has 0 spiro atoms. The smallest absolute Gasteiger partial charge is 0.224 e. The average molecular weight is 224 g/mol. The summed E-state index contributed by atoms with van der Waals surface area (Å²) in [5.74, 6) is 1.42. The topological polar surface area (TPSA) is 70.1 Å². The summed E-state index contributed by atoms with van der Waals surface area (Å²) in [5, 5.41) is 15.1. The second-order valence-electron chi connectivity index (χ2n) is 3.73. The fraction of sp³-hybridized carbons (Fsp3) is 0.636. The normalized spacial score (nSPS) is 12.2. The lowest BCUT2D eigenvalue weighted by molar-refractivity contribution is 0.278. The zero-order valence-electron chi connectivity index (χ0n) is 10.1. The number of hydrogen-bond acceptors (Lipinski definition) is 5. The van der Waals surface area contributed by atoms with E-state index in [4.69, 9.17) is 5.11 Å². The first-order valence-corrected chi connectivity index (χ1v) is 5.60. The summed E-state index contributed by atoms with van der Waals surface area (Å²) in [7, 11) is 1.80. The quantitative estimate of drug-likeness (QED) is 0.681. The van der Waals surface area contributed by atoms with Gasteiger partial charge in [0.1, 0.15) is 5.82 Å². The summed E-state index contributed by atoms with van der Waals surface area (Å²) >= 11 is 0. The molecule has 0 aliphatic rings. The van der Waals surface area contributed by atoms with Crippen molar-refractivity contribution in [2.75, 3.05) is 24.3 Å². The first-order valence-electron chi connectivity index (χ1n) is 5.60. The van der Waals surface area contributed by atoms with Gasteiger partial charge in [0.15, 0.2) is 0 Å². The number of anilines is 2. The fourth-order valence-electron chi connectivity index (χ4n) is 1.50. The van der Waals surface area contributed by atoms with Crippen LogP contribution in [0.5, 0.6) is 0 Å². The number of nitrogens with one attached hydrogen (secondary N) is 2. The Morgan fingerprint density at radius 3 is 2.75 bits per heavy atom. The number of hydrogen-bond donors (Lipinski definition) is 3. The monoisotopic (exact) mass is 224 g/mol. The molecule has 0 aliphatic carbocycles. The number of aliphatic hydroxyl groups excluding tert-OH is 1. The van der Waals surface area contributed by atoms with E-state index in [1.54, 1.807) is 7.05 Å². The second kappa shape index (κ2) is 6.27. The first-order chi connectivity index (χ1) is 7.69. The van der Waals surface area contributed by atoms with E-state index in [1.807, 2.05) is 13.0 Å². The maximum absolute atomic E-state index is 8.92. The second-order valence-corrected chi connectivity index (χ2v) is 3.73. The van der Waals surface area contributed by atoms with E-state index in [9.17, 15) is 0 Å². The zero-order valence-corrected chi connectivity index (χ0v) is 10.1. The standard InChI is InChI=1S/C11H20N4O/c1-4-9(5-6-16)14-10-7-8(2)13-11(12-3)15-10/h7,9,16H,4-6H2,1-3H3,(H2,12,13,14,15). The van der Waals surface area contributed by atoms with Gasteiger partial charge in [-0.05, 0) is 19.8 Å². The first kappa shape index (κ1) is 12.7. The molecule has 0 fully saturated rings. The van der Waals surface area contributed by atoms with Gasteiger partial charge in [-0.3, -0.25) is 0 Å². The van der Waals surface area contributed by atoms with Crippen LogP contribution in [0.4, 0.5) is 11.8 Å². The van der Waals surface area contributed by atoms with Crippen LogP contribution in [-0.4, -0.2) is 34.8 Å². The predicted molar refractivity (Wildman–Crippen MR) is 65.7 cm³/mol. The van der Waals surface area contributed by atoms with Crippen molar-refractivity contribution < 1.29 is 5.11 Å². The van der Waals surface area contributed by atoms with Gasteiger partial charge in [-0.15, -0.1) is 0 Å². The summed E-state index contributed by atoms with van der Waals surface area (Å²) < 4.78 is 0. The largest absolute Gasteiger partial charge is 0.396 e. The molecule has 0 saturated carbocycles. The molecule has 90 valence electrons. The van der Waals surface area contributed by atoms with Gasteiger partial charge in [0, 0.05) is 31.5 Å². The Bertz CT molecular complexity index is 330. The highest BCUT2D eigenvalue weighted by atomic mass is 16.3. The van der Waals surface area contributed by atoms with Crippen LogP contribution in [0, 0.1) is 6.92 Å². The Morgan fingerprint density at radius 1 is 1.44 bits per heavy atom. The minimum Gasteiger partial charge on any atom is -0.396 e. The van der Waals surface area contributed by atoms with E-state index >= 15 is 0 Å². The minimum atomic E-state index is 0.189. The van der Waals surface area contributed by atoms with Crippen LogP contribution in [0.1, 0.15) is 25.5 Å². The van der Waals surface area contributed by atoms with Gasteiger partial charge >= 0.3 is 0 Å². The molecule has 1 unspecified atom stereocenters. The number of rotatable bonds is 6. The molecular formula is C11H20N4O. The minimum absolute atomic E-state index is 0.189. The van der Waals surface area contributed by atoms with Crippen LogP contribution in [0.15, 0.2) is 6.07 Å². The Balaban J connectivity index is 2.74. The van der Waals surface area contributed by atoms with Gasteiger partial charge in [0.25, 0.3) is 0 Å². The summed E-state index contributed by atoms with van der Waals surface area (Å²) in [6, 6.07) is 2.16. The summed E-state index contributed by atoms with van der Waals surface area (Å²) in [6.45, 7) is 4.20. The average Bonchev–Trinajstić information content (AvgIpc) is 2.27. The van der Waals surface area contributed by atoms with Gasteiger partial charge in [-0.25, -0.2) is 4.98 Å². The van der Waals surface area contributed by atoms with E-state index in [0.717, 1.165) is 24.4 Å². The SMILES string of the molecule is CCC(CCO)Nc1cc(C)nc(NC)n1. The van der Waals surface area contributed by atoms with Crippen molar-refractivity contribution in [3.8, 4) is 0 Å². The maximum atomic E-state index is 8.92. The van der Waals surface area contributed by atoms with Crippen LogP contribution in [0.2, 0.25) is 0 Å². The lowest BCUT2D eigenvalue weighted by Crippen LogP contribution is -2.21. The van der Waals surface area contributed by atoms with Crippen LogP contribution in [0.25, 0.3) is 0 Å². The van der Waals surface area contributed by atoms with Crippen molar-refractivity contribution in [2.24, 2.45) is 0 Å². The molecule has 0 radical (unpaired) electrons. The Hall–Kier alpha value is -1.36. The molecule has 16 heavy (non-hydrogen) atoms. The van der Waals surface area contributed by atoms with Gasteiger partial charge in [-0.2, -0.15) is 4.98 Å². The highest BCUT2D eigenvalue weighted by Crippen LogP contribution is 2.12. The zero-order chi connectivity index (χ0) is 12.0. The molecule has 0 amide bonds. The summed E-state index contributed by atoms with van der Waals surface area (Å²) in [6.07, 6.45) is 1.69. The highest BCUT2D eigenvalue weighted by Gasteiger charge is 2.07. The molecule has 1 rings (SSSR count). The predicted octanol–water partition coefficient (Wildman–Crippen LogP) is 1.40. The molecule has 3 N–H and O–H groups in total. The van der Waals surface area contributed by atoms with Crippen molar-refractivity contribution in [1.29, 1.82) is 0 Å². The van der Waals surface area contributed by atoms with Crippen molar-refractivity contribution >= 4 is 11.8 Å². The van der Waals surface area contributed by atoms with E-state index in [2.05, 4.69) is 27.5 Å². The van der Waals surface area contributed by atoms with Gasteiger partial charge in [-0.1, -0.05) is 6.92 Å². The molecule has 1 aromatic heterocycles. The van der Waals surface area contributed by atoms with Gasteiger partial charge in [0.05, 0.1) is 0 Å². The van der Waals surface area contributed by atoms with Gasteiger partial charge < -0.3 is 15.7 Å². The lowest BCUT2D eigenvalue weighted by atomic mass is 10.1. The Kier molecular flexibility index (Phi) is 4.98. The molecule has 0 saturated heterocycles. The highest BCUT2D eigenvalue weighted by molar-refractivity contribution is 5.42. The third kappa shape index (κ3) is 3.66. The summed E-state index contributed by atoms with van der Waals surface area (Å²) in [5.41, 5.74) is 0.917. The fourth-order valence-corrected chi connectivity index (χ4v) is 1.50. The summed E-state index contributed by atoms with van der Waals surface area (Å²) in [4.78, 5) is 8.53. The van der Waals surface area contributed by atoms with Crippen LogP contribution < -0.4 is 10.6 Å². The number of nitrogens with zero attached hydrogens (tertiary/aromatic N) is 2. The molecule has 1 aromatic rings. The number of aromatic nitrogens is 2. The van der Waals surface area contributed by atoms with Gasteiger partial charge in [0.2, 0.25) is 5.95 Å². The molecule has 1 atom stereocenters. The van der Waals surface area contributed by atoms with E-state index in [0.29, 0.717) is 5.95 Å². The number of aliphatic hydroxyl groups is 1. The molecule has 0 bridgehead atoms. The van der Waals surface area contributed by atoms with E-state index in [1.165, 1.54) is 0 Å². The maximum Gasteiger partial charge on any atom is 0.224 e. The van der Waals surface area contributed by atoms with E-state index < -0.39 is 0 Å². The van der Waals surface area contributed by atoms with Crippen molar-refractivity contribution in [2.45, 2.75) is 32.7 Å². The van der Waals surface area contributed by atoms with Crippen molar-refractivity contribution in [3.05, 3.63) is 11.8 Å². The Morgan fingerprint density at radius 2 is 2.19 bits per heavy atom. The van der Waals surface area contributed by atoms with E-state index in [-0.39, 0.29) is 12.6 Å². The molecule has 0 aromatic carbocycles. The third-order valence-electron chi connectivity index (χ3n) is 2.40. The third-order valence-corrected chi connectivity index (χ3v) is 2.40. The molecule has 1 heterocycles. The van der Waals surface area contributed by atoms with Crippen LogP contribution >= 0.6 is 0 Å². The molecule has 5 nitrogen and oxygen atoms in total. The number of aryl methyl sites for hydroxylation is 1. The molecule has 0 aliphatic heterocycles. The molecule has 5 heteroatoms. The molecular weight excluding hydrogens is 204 g/mol.